The molecule has 63 heavy (non-hydrogen) atoms. The highest BCUT2D eigenvalue weighted by molar-refractivity contribution is 7.26. The Bertz CT molecular complexity index is 3360. The van der Waals surface area contributed by atoms with Crippen LogP contribution in [-0.4, -0.2) is 0 Å². The number of anilines is 3. The number of benzene rings is 9. The lowest BCUT2D eigenvalue weighted by molar-refractivity contribution is 0.445. The van der Waals surface area contributed by atoms with E-state index in [1.807, 2.05) is 11.3 Å². The third-order valence-electron chi connectivity index (χ3n) is 14.3. The predicted octanol–water partition coefficient (Wildman–Crippen LogP) is 18.0. The molecule has 1 fully saturated rings. The van der Waals surface area contributed by atoms with Gasteiger partial charge in [-0.25, -0.2) is 0 Å². The Hall–Kier alpha value is -6.74. The molecule has 0 N–H and O–H groups in total. The monoisotopic (exact) mass is 827 g/mol. The van der Waals surface area contributed by atoms with Crippen LogP contribution in [-0.2, 0) is 5.41 Å². The van der Waals surface area contributed by atoms with E-state index >= 15 is 0 Å². The van der Waals surface area contributed by atoms with Gasteiger partial charge in [0.25, 0.3) is 0 Å². The summed E-state index contributed by atoms with van der Waals surface area (Å²) in [6.07, 6.45) is 6.49. The lowest BCUT2D eigenvalue weighted by atomic mass is 9.80. The third-order valence-corrected chi connectivity index (χ3v) is 15.5. The molecule has 10 aromatic rings. The maximum atomic E-state index is 2.53. The zero-order chi connectivity index (χ0) is 42.1. The largest absolute Gasteiger partial charge is 0.309 e. The summed E-state index contributed by atoms with van der Waals surface area (Å²) in [4.78, 5) is 2.53. The van der Waals surface area contributed by atoms with Crippen LogP contribution >= 0.6 is 11.3 Å². The molecule has 9 aromatic carbocycles. The number of hydrogen-bond acceptors (Lipinski definition) is 2. The molecule has 0 spiro atoms. The van der Waals surface area contributed by atoms with Gasteiger partial charge in [0.15, 0.2) is 0 Å². The van der Waals surface area contributed by atoms with Crippen LogP contribution in [0.4, 0.5) is 17.1 Å². The van der Waals surface area contributed by atoms with Crippen molar-refractivity contribution in [1.29, 1.82) is 0 Å². The number of para-hydroxylation sites is 2. The van der Waals surface area contributed by atoms with Crippen molar-refractivity contribution in [1.82, 2.24) is 0 Å². The lowest BCUT2D eigenvalue weighted by Crippen LogP contribution is -2.15. The normalized spacial score (nSPS) is 14.6. The number of fused-ring (bicyclic) bond motifs is 7. The summed E-state index contributed by atoms with van der Waals surface area (Å²) in [5.74, 6) is 0.584. The molecule has 2 aliphatic carbocycles. The van der Waals surface area contributed by atoms with Gasteiger partial charge in [-0.1, -0.05) is 191 Å². The first kappa shape index (κ1) is 38.0. The molecule has 0 amide bonds. The molecule has 1 heterocycles. The van der Waals surface area contributed by atoms with Crippen LogP contribution in [0.1, 0.15) is 68.6 Å². The van der Waals surface area contributed by atoms with Crippen LogP contribution in [0.3, 0.4) is 0 Å². The predicted molar refractivity (Wildman–Crippen MR) is 271 cm³/mol. The van der Waals surface area contributed by atoms with Crippen molar-refractivity contribution in [2.24, 2.45) is 0 Å². The molecule has 0 atom stereocenters. The minimum Gasteiger partial charge on any atom is -0.309 e. The second-order valence-electron chi connectivity index (χ2n) is 18.2. The second kappa shape index (κ2) is 15.3. The summed E-state index contributed by atoms with van der Waals surface area (Å²) in [5.41, 5.74) is 17.8. The van der Waals surface area contributed by atoms with Crippen molar-refractivity contribution < 1.29 is 0 Å². The number of rotatable bonds is 7. The number of thiophene rings is 1. The van der Waals surface area contributed by atoms with Gasteiger partial charge >= 0.3 is 0 Å². The van der Waals surface area contributed by atoms with Crippen molar-refractivity contribution in [3.8, 4) is 44.5 Å². The van der Waals surface area contributed by atoms with E-state index in [0.717, 1.165) is 11.4 Å². The summed E-state index contributed by atoms with van der Waals surface area (Å²) in [5, 5.41) is 5.37. The number of nitrogens with zero attached hydrogens (tertiary/aromatic N) is 1. The maximum Gasteiger partial charge on any atom is 0.0540 e. The van der Waals surface area contributed by atoms with Gasteiger partial charge in [-0.05, 0) is 116 Å². The van der Waals surface area contributed by atoms with E-state index in [9.17, 15) is 0 Å². The van der Waals surface area contributed by atoms with Gasteiger partial charge in [-0.15, -0.1) is 11.3 Å². The molecule has 304 valence electrons. The molecule has 12 rings (SSSR count). The highest BCUT2D eigenvalue weighted by Gasteiger charge is 2.35. The van der Waals surface area contributed by atoms with E-state index in [1.165, 1.54) is 130 Å². The Labute approximate surface area is 374 Å². The van der Waals surface area contributed by atoms with Crippen LogP contribution < -0.4 is 4.90 Å². The standard InChI is InChI=1S/C61H49NS/c1-61(2)54-29-10-6-22-48(54)49-38-35-43(39-55(49)61)45-21-7-11-30-56(45)62(44-36-33-41(34-37-44)47-26-16-28-53-51-24-9-13-32-58(51)63-60(47)53)57-31-12-8-23-50(57)52-27-15-20-42-19-14-25-46(59(42)52)40-17-4-3-5-18-40/h6-16,19-40H,3-5,17-18H2,1-2H3. The molecule has 2 aliphatic rings. The molecule has 1 saturated carbocycles. The Balaban J connectivity index is 1.06. The summed E-state index contributed by atoms with van der Waals surface area (Å²) >= 11 is 1.89. The molecule has 1 nitrogen and oxygen atoms in total. The highest BCUT2D eigenvalue weighted by atomic mass is 32.1. The number of hydrogen-bond donors (Lipinski definition) is 0. The van der Waals surface area contributed by atoms with E-state index in [2.05, 4.69) is 213 Å². The molecular formula is C61H49NS. The first-order valence-corrected chi connectivity index (χ1v) is 23.6. The fourth-order valence-electron chi connectivity index (χ4n) is 11.2. The highest BCUT2D eigenvalue weighted by Crippen LogP contribution is 2.52. The van der Waals surface area contributed by atoms with Crippen molar-refractivity contribution in [2.75, 3.05) is 4.90 Å². The molecule has 2 heteroatoms. The van der Waals surface area contributed by atoms with Crippen LogP contribution in [0.5, 0.6) is 0 Å². The van der Waals surface area contributed by atoms with Crippen molar-refractivity contribution in [2.45, 2.75) is 57.3 Å². The zero-order valence-corrected chi connectivity index (χ0v) is 36.8. The topological polar surface area (TPSA) is 3.24 Å². The van der Waals surface area contributed by atoms with Gasteiger partial charge in [0, 0.05) is 42.4 Å². The minimum absolute atomic E-state index is 0.0966. The van der Waals surface area contributed by atoms with Crippen LogP contribution in [0.25, 0.3) is 75.5 Å². The molecule has 0 aliphatic heterocycles. The quantitative estimate of drug-likeness (QED) is 0.155. The molecule has 1 aromatic heterocycles. The van der Waals surface area contributed by atoms with E-state index in [4.69, 9.17) is 0 Å². The van der Waals surface area contributed by atoms with Crippen LogP contribution in [0, 0.1) is 0 Å². The fraction of sp³-hybridized carbons (Fsp3) is 0.148. The van der Waals surface area contributed by atoms with E-state index in [-0.39, 0.29) is 5.41 Å². The first-order valence-electron chi connectivity index (χ1n) is 22.8. The minimum atomic E-state index is -0.0966. The van der Waals surface area contributed by atoms with E-state index < -0.39 is 0 Å². The summed E-state index contributed by atoms with van der Waals surface area (Å²) < 4.78 is 2.67. The van der Waals surface area contributed by atoms with Crippen molar-refractivity contribution in [3.05, 3.63) is 211 Å². The van der Waals surface area contributed by atoms with Crippen LogP contribution in [0.2, 0.25) is 0 Å². The van der Waals surface area contributed by atoms with Gasteiger partial charge in [0.1, 0.15) is 0 Å². The Morgan fingerprint density at radius 1 is 0.460 bits per heavy atom. The summed E-state index contributed by atoms with van der Waals surface area (Å²) in [7, 11) is 0. The third kappa shape index (κ3) is 6.26. The summed E-state index contributed by atoms with van der Waals surface area (Å²) in [6.45, 7) is 4.76. The average Bonchev–Trinajstić information content (AvgIpc) is 3.84. The smallest absolute Gasteiger partial charge is 0.0540 e. The lowest BCUT2D eigenvalue weighted by Gasteiger charge is -2.31. The molecular weight excluding hydrogens is 779 g/mol. The van der Waals surface area contributed by atoms with Crippen molar-refractivity contribution >= 4 is 59.3 Å². The van der Waals surface area contributed by atoms with Gasteiger partial charge in [0.05, 0.1) is 11.4 Å². The molecule has 0 radical (unpaired) electrons. The van der Waals surface area contributed by atoms with Gasteiger partial charge < -0.3 is 4.90 Å². The molecule has 0 unspecified atom stereocenters. The van der Waals surface area contributed by atoms with Gasteiger partial charge in [-0.3, -0.25) is 0 Å². The van der Waals surface area contributed by atoms with Gasteiger partial charge in [-0.2, -0.15) is 0 Å². The molecule has 0 bridgehead atoms. The zero-order valence-electron chi connectivity index (χ0n) is 35.9. The fourth-order valence-corrected chi connectivity index (χ4v) is 12.4. The average molecular weight is 828 g/mol. The Morgan fingerprint density at radius 3 is 1.89 bits per heavy atom. The van der Waals surface area contributed by atoms with E-state index in [0.29, 0.717) is 5.92 Å². The summed E-state index contributed by atoms with van der Waals surface area (Å²) in [6, 6.07) is 73.1. The maximum absolute atomic E-state index is 2.53. The van der Waals surface area contributed by atoms with E-state index in [1.54, 1.807) is 0 Å². The Kier molecular flexibility index (Phi) is 9.20. The molecule has 0 saturated heterocycles. The van der Waals surface area contributed by atoms with Gasteiger partial charge in [0.2, 0.25) is 0 Å². The Morgan fingerprint density at radius 2 is 1.06 bits per heavy atom. The SMILES string of the molecule is CC1(C)c2ccccc2-c2ccc(-c3ccccc3N(c3ccc(-c4cccc5c4sc4ccccc45)cc3)c3ccccc3-c3cccc4cccc(C5CCCCC5)c34)cc21. The van der Waals surface area contributed by atoms with Crippen LogP contribution in [0.15, 0.2) is 194 Å². The first-order chi connectivity index (χ1) is 31.0. The second-order valence-corrected chi connectivity index (χ2v) is 19.3. The van der Waals surface area contributed by atoms with Crippen molar-refractivity contribution in [3.63, 3.8) is 0 Å².